The number of nitrogens with one attached hydrogen (secondary N) is 1. The third kappa shape index (κ3) is 4.81. The number of nitrogens with zero attached hydrogens (tertiary/aromatic N) is 1. The van der Waals surface area contributed by atoms with Gasteiger partial charge in [-0.2, -0.15) is 0 Å². The Morgan fingerprint density at radius 3 is 2.32 bits per heavy atom. The molecular weight excluding hydrogens is 368 g/mol. The molecule has 1 aromatic carbocycles. The van der Waals surface area contributed by atoms with Crippen LogP contribution in [0, 0.1) is 5.92 Å². The summed E-state index contributed by atoms with van der Waals surface area (Å²) in [5.74, 6) is -4.49. The summed E-state index contributed by atoms with van der Waals surface area (Å²) >= 11 is 0. The lowest BCUT2D eigenvalue weighted by Gasteiger charge is -2.23. The van der Waals surface area contributed by atoms with Gasteiger partial charge in [-0.05, 0) is 12.1 Å². The highest BCUT2D eigenvalue weighted by molar-refractivity contribution is 6.00. The van der Waals surface area contributed by atoms with Crippen LogP contribution in [-0.2, 0) is 28.6 Å². The average molecular weight is 388 g/mol. The molecule has 0 aliphatic rings. The van der Waals surface area contributed by atoms with Crippen molar-refractivity contribution in [3.8, 4) is 0 Å². The Labute approximate surface area is 161 Å². The van der Waals surface area contributed by atoms with E-state index in [2.05, 4.69) is 24.5 Å². The Hall–Kier alpha value is -3.49. The number of amides is 1. The molecule has 0 saturated heterocycles. The minimum absolute atomic E-state index is 0.175. The molecule has 1 aromatic heterocycles. The normalized spacial score (nSPS) is 12.5. The second kappa shape index (κ2) is 9.45. The summed E-state index contributed by atoms with van der Waals surface area (Å²) in [5.41, 5.74) is 0.871. The molecule has 1 heterocycles. The van der Waals surface area contributed by atoms with E-state index in [1.165, 1.54) is 6.20 Å². The monoisotopic (exact) mass is 388 g/mol. The topological polar surface area (TPSA) is 121 Å². The van der Waals surface area contributed by atoms with Gasteiger partial charge in [-0.15, -0.1) is 0 Å². The highest BCUT2D eigenvalue weighted by Gasteiger charge is 2.38. The van der Waals surface area contributed by atoms with Crippen molar-refractivity contribution in [2.24, 2.45) is 5.92 Å². The maximum Gasteiger partial charge on any atom is 0.329 e. The third-order valence-electron chi connectivity index (χ3n) is 4.11. The first-order chi connectivity index (χ1) is 13.4. The van der Waals surface area contributed by atoms with Gasteiger partial charge in [0.05, 0.1) is 44.7 Å². The van der Waals surface area contributed by atoms with Crippen LogP contribution in [0.2, 0.25) is 0 Å². The van der Waals surface area contributed by atoms with Crippen molar-refractivity contribution in [3.63, 3.8) is 0 Å². The van der Waals surface area contributed by atoms with Crippen LogP contribution in [0.3, 0.4) is 0 Å². The Morgan fingerprint density at radius 2 is 1.68 bits per heavy atom. The van der Waals surface area contributed by atoms with Gasteiger partial charge in [0, 0.05) is 11.6 Å². The van der Waals surface area contributed by atoms with Crippen molar-refractivity contribution in [2.45, 2.75) is 12.5 Å². The van der Waals surface area contributed by atoms with E-state index in [0.29, 0.717) is 5.52 Å². The molecule has 2 rings (SSSR count). The highest BCUT2D eigenvalue weighted by Crippen LogP contribution is 2.17. The van der Waals surface area contributed by atoms with E-state index in [1.807, 2.05) is 6.07 Å². The van der Waals surface area contributed by atoms with Crippen molar-refractivity contribution in [2.75, 3.05) is 21.3 Å². The Kier molecular flexibility index (Phi) is 7.02. The summed E-state index contributed by atoms with van der Waals surface area (Å²) in [7, 11) is 3.35. The number of hydrogen-bond acceptors (Lipinski definition) is 8. The van der Waals surface area contributed by atoms with Gasteiger partial charge in [0.1, 0.15) is 6.04 Å². The molecule has 9 nitrogen and oxygen atoms in total. The van der Waals surface area contributed by atoms with Crippen LogP contribution < -0.4 is 5.32 Å². The standard InChI is InChI=1S/C19H20N2O7/c1-26-15(22)9-13(18(24)27-2)16(19(25)28-3)21-17(23)12-8-11-6-4-5-7-14(11)20-10-12/h4-8,10,13,16H,9H2,1-3H3,(H,21,23)/t13-,16-/m1/s1. The van der Waals surface area contributed by atoms with Crippen LogP contribution in [-0.4, -0.2) is 56.2 Å². The maximum absolute atomic E-state index is 12.7. The number of fused-ring (bicyclic) bond motifs is 1. The van der Waals surface area contributed by atoms with Gasteiger partial charge >= 0.3 is 17.9 Å². The quantitative estimate of drug-likeness (QED) is 0.548. The fraction of sp³-hybridized carbons (Fsp3) is 0.316. The predicted octanol–water partition coefficient (Wildman–Crippen LogP) is 0.858. The molecule has 0 saturated carbocycles. The van der Waals surface area contributed by atoms with Crippen molar-refractivity contribution in [3.05, 3.63) is 42.1 Å². The number of benzene rings is 1. The van der Waals surface area contributed by atoms with Crippen molar-refractivity contribution >= 4 is 34.7 Å². The number of hydrogen-bond donors (Lipinski definition) is 1. The average Bonchev–Trinajstić information content (AvgIpc) is 2.74. The SMILES string of the molecule is COC(=O)C[C@@H](C(=O)OC)[C@@H](NC(=O)c1cnc2ccccc2c1)C(=O)OC. The minimum Gasteiger partial charge on any atom is -0.469 e. The van der Waals surface area contributed by atoms with E-state index in [9.17, 15) is 19.2 Å². The Bertz CT molecular complexity index is 897. The molecule has 9 heteroatoms. The van der Waals surface area contributed by atoms with E-state index in [0.717, 1.165) is 26.7 Å². The summed E-state index contributed by atoms with van der Waals surface area (Å²) < 4.78 is 13.9. The molecule has 0 aliphatic carbocycles. The third-order valence-corrected chi connectivity index (χ3v) is 4.11. The number of methoxy groups -OCH3 is 3. The summed E-state index contributed by atoms with van der Waals surface area (Å²) in [6, 6.07) is 7.33. The summed E-state index contributed by atoms with van der Waals surface area (Å²) in [5, 5.41) is 3.16. The Morgan fingerprint density at radius 1 is 1.00 bits per heavy atom. The van der Waals surface area contributed by atoms with Gasteiger partial charge in [0.2, 0.25) is 0 Å². The highest BCUT2D eigenvalue weighted by atomic mass is 16.5. The molecule has 0 fully saturated rings. The number of esters is 3. The lowest BCUT2D eigenvalue weighted by molar-refractivity contribution is -0.158. The molecule has 0 radical (unpaired) electrons. The molecule has 0 bridgehead atoms. The second-order valence-electron chi connectivity index (χ2n) is 5.80. The number of pyridine rings is 1. The number of carbonyl (C=O) groups is 4. The van der Waals surface area contributed by atoms with Crippen molar-refractivity contribution in [1.29, 1.82) is 0 Å². The van der Waals surface area contributed by atoms with Crippen LogP contribution in [0.5, 0.6) is 0 Å². The molecule has 0 spiro atoms. The lowest BCUT2D eigenvalue weighted by Crippen LogP contribution is -2.50. The van der Waals surface area contributed by atoms with Crippen LogP contribution in [0.15, 0.2) is 36.5 Å². The van der Waals surface area contributed by atoms with Crippen LogP contribution in [0.4, 0.5) is 0 Å². The van der Waals surface area contributed by atoms with E-state index < -0.39 is 42.2 Å². The van der Waals surface area contributed by atoms with Crippen LogP contribution >= 0.6 is 0 Å². The first-order valence-corrected chi connectivity index (χ1v) is 8.29. The molecule has 0 unspecified atom stereocenters. The number of rotatable bonds is 7. The Balaban J connectivity index is 2.32. The van der Waals surface area contributed by atoms with Gasteiger partial charge in [-0.1, -0.05) is 18.2 Å². The van der Waals surface area contributed by atoms with Crippen molar-refractivity contribution < 1.29 is 33.4 Å². The lowest BCUT2D eigenvalue weighted by atomic mass is 9.95. The fourth-order valence-corrected chi connectivity index (χ4v) is 2.62. The van der Waals surface area contributed by atoms with Crippen LogP contribution in [0.1, 0.15) is 16.8 Å². The fourth-order valence-electron chi connectivity index (χ4n) is 2.62. The molecule has 2 aromatic rings. The van der Waals surface area contributed by atoms with E-state index >= 15 is 0 Å². The summed E-state index contributed by atoms with van der Waals surface area (Å²) in [6.45, 7) is 0. The summed E-state index contributed by atoms with van der Waals surface area (Å²) in [6.07, 6.45) is 0.874. The predicted molar refractivity (Wildman–Crippen MR) is 97.2 cm³/mol. The molecule has 2 atom stereocenters. The zero-order chi connectivity index (χ0) is 20.7. The molecular formula is C19H20N2O7. The van der Waals surface area contributed by atoms with Gasteiger partial charge in [0.25, 0.3) is 5.91 Å². The van der Waals surface area contributed by atoms with Gasteiger partial charge in [-0.25, -0.2) is 4.79 Å². The van der Waals surface area contributed by atoms with E-state index in [1.54, 1.807) is 24.3 Å². The molecule has 1 N–H and O–H groups in total. The number of para-hydroxylation sites is 1. The molecule has 1 amide bonds. The van der Waals surface area contributed by atoms with E-state index in [4.69, 9.17) is 0 Å². The van der Waals surface area contributed by atoms with Crippen molar-refractivity contribution in [1.82, 2.24) is 10.3 Å². The molecule has 0 aliphatic heterocycles. The van der Waals surface area contributed by atoms with E-state index in [-0.39, 0.29) is 5.56 Å². The van der Waals surface area contributed by atoms with Gasteiger partial charge in [0.15, 0.2) is 0 Å². The number of aromatic nitrogens is 1. The number of carbonyl (C=O) groups excluding carboxylic acids is 4. The second-order valence-corrected chi connectivity index (χ2v) is 5.80. The minimum atomic E-state index is -1.45. The maximum atomic E-state index is 12.7. The van der Waals surface area contributed by atoms with Crippen LogP contribution in [0.25, 0.3) is 10.9 Å². The first-order valence-electron chi connectivity index (χ1n) is 8.29. The smallest absolute Gasteiger partial charge is 0.329 e. The zero-order valence-corrected chi connectivity index (χ0v) is 15.6. The number of ether oxygens (including phenoxy) is 3. The largest absolute Gasteiger partial charge is 0.469 e. The molecule has 148 valence electrons. The van der Waals surface area contributed by atoms with Gasteiger partial charge < -0.3 is 19.5 Å². The first kappa shape index (κ1) is 20.8. The zero-order valence-electron chi connectivity index (χ0n) is 15.6. The summed E-state index contributed by atoms with van der Waals surface area (Å²) in [4.78, 5) is 52.8. The van der Waals surface area contributed by atoms with Gasteiger partial charge in [-0.3, -0.25) is 19.4 Å². The molecule has 28 heavy (non-hydrogen) atoms.